The van der Waals surface area contributed by atoms with Gasteiger partial charge in [0, 0.05) is 49.7 Å². The van der Waals surface area contributed by atoms with Gasteiger partial charge < -0.3 is 13.9 Å². The molecular formula is C50H31N3. The highest BCUT2D eigenvalue weighted by Gasteiger charge is 2.22. The Morgan fingerprint density at radius 3 is 1.81 bits per heavy atom. The van der Waals surface area contributed by atoms with Crippen LogP contribution in [0.1, 0.15) is 0 Å². The molecule has 0 saturated carbocycles. The monoisotopic (exact) mass is 673 g/mol. The van der Waals surface area contributed by atoms with Gasteiger partial charge >= 0.3 is 0 Å². The van der Waals surface area contributed by atoms with Crippen LogP contribution >= 0.6 is 0 Å². The van der Waals surface area contributed by atoms with Gasteiger partial charge in [-0.25, -0.2) is 0 Å². The quantitative estimate of drug-likeness (QED) is 0.169. The van der Waals surface area contributed by atoms with E-state index in [9.17, 15) is 0 Å². The molecule has 12 aromatic rings. The Kier molecular flexibility index (Phi) is 5.77. The average molecular weight is 674 g/mol. The molecular weight excluding hydrogens is 643 g/mol. The van der Waals surface area contributed by atoms with Crippen molar-refractivity contribution in [1.29, 1.82) is 0 Å². The van der Waals surface area contributed by atoms with E-state index in [2.05, 4.69) is 202 Å². The van der Waals surface area contributed by atoms with Crippen LogP contribution < -0.4 is 4.90 Å². The predicted molar refractivity (Wildman–Crippen MR) is 225 cm³/mol. The van der Waals surface area contributed by atoms with Gasteiger partial charge in [-0.3, -0.25) is 0 Å². The van der Waals surface area contributed by atoms with Crippen LogP contribution in [0.2, 0.25) is 0 Å². The number of rotatable bonds is 4. The summed E-state index contributed by atoms with van der Waals surface area (Å²) in [4.78, 5) is 2.38. The van der Waals surface area contributed by atoms with Crippen LogP contribution in [0.25, 0.3) is 87.1 Å². The van der Waals surface area contributed by atoms with E-state index in [0.717, 1.165) is 22.7 Å². The lowest BCUT2D eigenvalue weighted by Crippen LogP contribution is -2.10. The molecule has 53 heavy (non-hydrogen) atoms. The van der Waals surface area contributed by atoms with E-state index in [0.29, 0.717) is 0 Å². The van der Waals surface area contributed by atoms with Crippen LogP contribution in [0.5, 0.6) is 0 Å². The molecule has 0 aliphatic carbocycles. The number of para-hydroxylation sites is 3. The highest BCUT2D eigenvalue weighted by molar-refractivity contribution is 6.31. The first-order valence-corrected chi connectivity index (χ1v) is 18.3. The summed E-state index contributed by atoms with van der Waals surface area (Å²) in [7, 11) is 0. The van der Waals surface area contributed by atoms with E-state index < -0.39 is 0 Å². The molecule has 0 atom stereocenters. The number of aromatic nitrogens is 2. The first-order valence-electron chi connectivity index (χ1n) is 18.3. The summed E-state index contributed by atoms with van der Waals surface area (Å²) >= 11 is 0. The topological polar surface area (TPSA) is 12.6 Å². The van der Waals surface area contributed by atoms with E-state index in [1.54, 1.807) is 0 Å². The van der Waals surface area contributed by atoms with E-state index in [4.69, 9.17) is 0 Å². The van der Waals surface area contributed by atoms with Crippen molar-refractivity contribution in [3.8, 4) is 5.69 Å². The van der Waals surface area contributed by atoms with Crippen molar-refractivity contribution in [3.63, 3.8) is 0 Å². The van der Waals surface area contributed by atoms with Crippen molar-refractivity contribution in [3.05, 3.63) is 188 Å². The minimum atomic E-state index is 1.10. The molecule has 0 saturated heterocycles. The van der Waals surface area contributed by atoms with Crippen molar-refractivity contribution in [2.75, 3.05) is 4.90 Å². The lowest BCUT2D eigenvalue weighted by molar-refractivity contribution is 1.17. The zero-order valence-corrected chi connectivity index (χ0v) is 28.7. The van der Waals surface area contributed by atoms with Gasteiger partial charge in [-0.2, -0.15) is 0 Å². The molecule has 3 aromatic heterocycles. The van der Waals surface area contributed by atoms with Crippen LogP contribution in [-0.2, 0) is 0 Å². The van der Waals surface area contributed by atoms with Crippen molar-refractivity contribution in [2.45, 2.75) is 0 Å². The van der Waals surface area contributed by atoms with Crippen molar-refractivity contribution in [1.82, 2.24) is 8.97 Å². The molecule has 0 unspecified atom stereocenters. The highest BCUT2D eigenvalue weighted by atomic mass is 15.1. The molecule has 0 amide bonds. The Balaban J connectivity index is 1.13. The molecule has 12 rings (SSSR count). The Morgan fingerprint density at radius 1 is 0.321 bits per heavy atom. The van der Waals surface area contributed by atoms with Crippen LogP contribution in [-0.4, -0.2) is 8.97 Å². The maximum absolute atomic E-state index is 2.50. The number of benzene rings is 9. The fraction of sp³-hybridized carbons (Fsp3) is 0. The number of nitrogens with zero attached hydrogens (tertiary/aromatic N) is 3. The minimum absolute atomic E-state index is 1.10. The molecule has 0 aliphatic rings. The SMILES string of the molecule is c1ccc(N(c2cccc(-n3c4cccc5c6cccc7c8ccccc8n(c8cccc3c8c54)c67)c2)c2ccc3c(ccc4ccccc43)c2)cc1. The molecule has 3 nitrogen and oxygen atoms in total. The van der Waals surface area contributed by atoms with Gasteiger partial charge in [0.25, 0.3) is 0 Å². The number of fused-ring (bicyclic) bond motifs is 8. The largest absolute Gasteiger partial charge is 0.310 e. The summed E-state index contributed by atoms with van der Waals surface area (Å²) in [6.07, 6.45) is 0. The third-order valence-corrected chi connectivity index (χ3v) is 11.4. The third kappa shape index (κ3) is 3.94. The molecule has 246 valence electrons. The standard InChI is InChI=1S/C50H31N3/c1-2-13-34(14-3-1)51(37-28-29-39-33(30-37)27-26-32-12-4-5-17-38(32)39)35-15-8-16-36(31-35)52-45-23-10-19-41-43-21-9-20-42-40-18-6-7-22-44(40)53(50(42)43)47-25-11-24-46(52)49(47)48(41)45/h1-31H. The van der Waals surface area contributed by atoms with E-state index >= 15 is 0 Å². The van der Waals surface area contributed by atoms with Crippen LogP contribution in [0.3, 0.4) is 0 Å². The summed E-state index contributed by atoms with van der Waals surface area (Å²) in [6.45, 7) is 0. The van der Waals surface area contributed by atoms with Gasteiger partial charge in [0.05, 0.1) is 27.6 Å². The van der Waals surface area contributed by atoms with Gasteiger partial charge in [0.2, 0.25) is 0 Å². The maximum atomic E-state index is 2.50. The zero-order chi connectivity index (χ0) is 34.6. The Bertz CT molecular complexity index is 3400. The number of hydrogen-bond acceptors (Lipinski definition) is 1. The Morgan fingerprint density at radius 2 is 0.906 bits per heavy atom. The maximum Gasteiger partial charge on any atom is 0.0619 e. The van der Waals surface area contributed by atoms with Gasteiger partial charge in [0.1, 0.15) is 0 Å². The van der Waals surface area contributed by atoms with Gasteiger partial charge in [-0.15, -0.1) is 0 Å². The molecule has 0 spiro atoms. The van der Waals surface area contributed by atoms with Gasteiger partial charge in [0.15, 0.2) is 0 Å². The predicted octanol–water partition coefficient (Wildman–Crippen LogP) is 13.7. The summed E-state index contributed by atoms with van der Waals surface area (Å²) in [5.41, 5.74) is 10.6. The van der Waals surface area contributed by atoms with Gasteiger partial charge in [-0.05, 0) is 93.7 Å². The molecule has 0 aliphatic heterocycles. The summed E-state index contributed by atoms with van der Waals surface area (Å²) in [6, 6.07) is 69.0. The average Bonchev–Trinajstić information content (AvgIpc) is 3.70. The Labute approximate surface area is 305 Å². The second kappa shape index (κ2) is 10.7. The molecule has 0 fully saturated rings. The second-order valence-electron chi connectivity index (χ2n) is 14.1. The lowest BCUT2D eigenvalue weighted by atomic mass is 10.0. The van der Waals surface area contributed by atoms with Crippen LogP contribution in [0.4, 0.5) is 17.1 Å². The van der Waals surface area contributed by atoms with Crippen LogP contribution in [0, 0.1) is 0 Å². The summed E-state index contributed by atoms with van der Waals surface area (Å²) in [5.74, 6) is 0. The number of anilines is 3. The van der Waals surface area contributed by atoms with Crippen LogP contribution in [0.15, 0.2) is 188 Å². The summed E-state index contributed by atoms with van der Waals surface area (Å²) < 4.78 is 4.97. The van der Waals surface area contributed by atoms with Crippen molar-refractivity contribution in [2.24, 2.45) is 0 Å². The first-order chi connectivity index (χ1) is 26.3. The smallest absolute Gasteiger partial charge is 0.0619 e. The molecule has 0 radical (unpaired) electrons. The lowest BCUT2D eigenvalue weighted by Gasteiger charge is -2.26. The minimum Gasteiger partial charge on any atom is -0.310 e. The molecule has 0 N–H and O–H groups in total. The molecule has 9 aromatic carbocycles. The third-order valence-electron chi connectivity index (χ3n) is 11.4. The van der Waals surface area contributed by atoms with E-state index in [-0.39, 0.29) is 0 Å². The normalized spacial score (nSPS) is 12.2. The zero-order valence-electron chi connectivity index (χ0n) is 28.7. The fourth-order valence-electron chi connectivity index (χ4n) is 9.20. The fourth-order valence-corrected chi connectivity index (χ4v) is 9.20. The van der Waals surface area contributed by atoms with Gasteiger partial charge in [-0.1, -0.05) is 121 Å². The van der Waals surface area contributed by atoms with E-state index in [1.807, 2.05) is 0 Å². The van der Waals surface area contributed by atoms with Crippen molar-refractivity contribution >= 4 is 98.5 Å². The van der Waals surface area contributed by atoms with E-state index in [1.165, 1.54) is 81.4 Å². The molecule has 3 heterocycles. The number of hydrogen-bond donors (Lipinski definition) is 0. The first kappa shape index (κ1) is 28.6. The van der Waals surface area contributed by atoms with Crippen molar-refractivity contribution < 1.29 is 0 Å². The molecule has 0 bridgehead atoms. The Hall–Kier alpha value is -7.10. The molecule has 3 heteroatoms. The highest BCUT2D eigenvalue weighted by Crippen LogP contribution is 2.45. The second-order valence-corrected chi connectivity index (χ2v) is 14.1. The summed E-state index contributed by atoms with van der Waals surface area (Å²) in [5, 5.41) is 12.7.